The number of benzene rings is 1. The van der Waals surface area contributed by atoms with Gasteiger partial charge in [0.1, 0.15) is 5.58 Å². The van der Waals surface area contributed by atoms with Crippen molar-refractivity contribution in [2.24, 2.45) is 0 Å². The molecular weight excluding hydrogens is 242 g/mol. The predicted octanol–water partition coefficient (Wildman–Crippen LogP) is 2.28. The van der Waals surface area contributed by atoms with Crippen molar-refractivity contribution in [3.63, 3.8) is 0 Å². The van der Waals surface area contributed by atoms with Crippen LogP contribution in [0.15, 0.2) is 51.9 Å². The van der Waals surface area contributed by atoms with Crippen LogP contribution in [0.25, 0.3) is 32.8 Å². The van der Waals surface area contributed by atoms with E-state index in [1.54, 1.807) is 12.3 Å². The fourth-order valence-electron chi connectivity index (χ4n) is 2.33. The van der Waals surface area contributed by atoms with Crippen molar-refractivity contribution < 1.29 is 4.42 Å². The maximum atomic E-state index is 11.8. The number of fused-ring (bicyclic) bond motifs is 5. The number of nitrogens with zero attached hydrogens (tertiary/aromatic N) is 3. The molecule has 0 saturated carbocycles. The highest BCUT2D eigenvalue weighted by Gasteiger charge is 2.12. The van der Waals surface area contributed by atoms with Gasteiger partial charge in [0.2, 0.25) is 5.58 Å². The number of aromatic nitrogens is 3. The molecule has 0 atom stereocenters. The molecule has 0 fully saturated rings. The van der Waals surface area contributed by atoms with Gasteiger partial charge in [-0.15, -0.1) is 5.10 Å². The van der Waals surface area contributed by atoms with Crippen molar-refractivity contribution in [2.75, 3.05) is 0 Å². The third-order valence-corrected chi connectivity index (χ3v) is 3.12. The number of rotatable bonds is 0. The van der Waals surface area contributed by atoms with Crippen molar-refractivity contribution in [3.05, 3.63) is 53.1 Å². The summed E-state index contributed by atoms with van der Waals surface area (Å²) in [6, 6.07) is 9.24. The highest BCUT2D eigenvalue weighted by Crippen LogP contribution is 2.31. The van der Waals surface area contributed by atoms with Gasteiger partial charge in [0.05, 0.1) is 11.7 Å². The molecule has 0 amide bonds. The third-order valence-electron chi connectivity index (χ3n) is 3.12. The van der Waals surface area contributed by atoms with Crippen LogP contribution in [0.2, 0.25) is 0 Å². The molecule has 5 heteroatoms. The number of furan rings is 1. The molecule has 3 aromatic heterocycles. The molecule has 4 rings (SSSR count). The molecular formula is C14H7N3O2. The van der Waals surface area contributed by atoms with E-state index < -0.39 is 5.56 Å². The Labute approximate surface area is 106 Å². The van der Waals surface area contributed by atoms with Gasteiger partial charge in [0, 0.05) is 22.4 Å². The van der Waals surface area contributed by atoms with Crippen molar-refractivity contribution in [2.45, 2.75) is 0 Å². The van der Waals surface area contributed by atoms with Crippen LogP contribution < -0.4 is 5.56 Å². The van der Waals surface area contributed by atoms with E-state index in [9.17, 15) is 4.79 Å². The quantitative estimate of drug-likeness (QED) is 0.478. The molecule has 0 bridgehead atoms. The lowest BCUT2D eigenvalue weighted by atomic mass is 10.1. The maximum absolute atomic E-state index is 11.8. The van der Waals surface area contributed by atoms with Crippen LogP contribution in [-0.4, -0.2) is 15.2 Å². The molecule has 0 aliphatic carbocycles. The van der Waals surface area contributed by atoms with Gasteiger partial charge in [0.15, 0.2) is 0 Å². The first-order chi connectivity index (χ1) is 9.34. The van der Waals surface area contributed by atoms with Crippen LogP contribution in [-0.2, 0) is 0 Å². The van der Waals surface area contributed by atoms with Crippen LogP contribution in [0, 0.1) is 0 Å². The zero-order valence-electron chi connectivity index (χ0n) is 9.70. The minimum absolute atomic E-state index is 0.226. The molecule has 0 N–H and O–H groups in total. The molecule has 4 aromatic rings. The second kappa shape index (κ2) is 3.58. The zero-order chi connectivity index (χ0) is 12.8. The molecule has 0 aliphatic heterocycles. The van der Waals surface area contributed by atoms with Crippen molar-refractivity contribution in [3.8, 4) is 0 Å². The van der Waals surface area contributed by atoms with E-state index in [1.165, 1.54) is 6.20 Å². The van der Waals surface area contributed by atoms with Gasteiger partial charge in [-0.2, -0.15) is 5.10 Å². The summed E-state index contributed by atoms with van der Waals surface area (Å²) in [6.45, 7) is 0. The number of hydrogen-bond acceptors (Lipinski definition) is 5. The Hall–Kier alpha value is -2.82. The summed E-state index contributed by atoms with van der Waals surface area (Å²) < 4.78 is 5.61. The lowest BCUT2D eigenvalue weighted by molar-refractivity contribution is 0.662. The van der Waals surface area contributed by atoms with Crippen LogP contribution in [0.1, 0.15) is 0 Å². The first kappa shape index (κ1) is 10.1. The summed E-state index contributed by atoms with van der Waals surface area (Å²) in [5, 5.41) is 9.71. The summed E-state index contributed by atoms with van der Waals surface area (Å²) >= 11 is 0. The summed E-state index contributed by atoms with van der Waals surface area (Å²) in [5.41, 5.74) is 1.27. The summed E-state index contributed by atoms with van der Waals surface area (Å²) in [4.78, 5) is 16.1. The fraction of sp³-hybridized carbons (Fsp3) is 0. The van der Waals surface area contributed by atoms with Crippen LogP contribution >= 0.6 is 0 Å². The van der Waals surface area contributed by atoms with Crippen LogP contribution in [0.5, 0.6) is 0 Å². The van der Waals surface area contributed by atoms with E-state index in [2.05, 4.69) is 15.2 Å². The predicted molar refractivity (Wildman–Crippen MR) is 70.9 cm³/mol. The molecule has 0 spiro atoms. The van der Waals surface area contributed by atoms with E-state index in [-0.39, 0.29) is 5.58 Å². The highest BCUT2D eigenvalue weighted by molar-refractivity contribution is 6.17. The van der Waals surface area contributed by atoms with Crippen molar-refractivity contribution in [1.29, 1.82) is 0 Å². The first-order valence-corrected chi connectivity index (χ1v) is 5.76. The van der Waals surface area contributed by atoms with Crippen LogP contribution in [0.3, 0.4) is 0 Å². The molecule has 1 aromatic carbocycles. The monoisotopic (exact) mass is 249 g/mol. The molecule has 19 heavy (non-hydrogen) atoms. The van der Waals surface area contributed by atoms with Gasteiger partial charge < -0.3 is 4.42 Å². The van der Waals surface area contributed by atoms with E-state index in [4.69, 9.17) is 4.42 Å². The number of hydrogen-bond donors (Lipinski definition) is 0. The first-order valence-electron chi connectivity index (χ1n) is 5.76. The average Bonchev–Trinajstić information content (AvgIpc) is 2.73. The van der Waals surface area contributed by atoms with Gasteiger partial charge >= 0.3 is 5.56 Å². The van der Waals surface area contributed by atoms with E-state index in [0.717, 1.165) is 16.3 Å². The van der Waals surface area contributed by atoms with Gasteiger partial charge in [-0.1, -0.05) is 6.07 Å². The second-order valence-electron chi connectivity index (χ2n) is 4.19. The highest BCUT2D eigenvalue weighted by atomic mass is 16.3. The summed E-state index contributed by atoms with van der Waals surface area (Å²) in [7, 11) is 0. The SMILES string of the molecule is O=c1nnccc2c1oc1ccc3ncccc3c12. The normalized spacial score (nSPS) is 11.4. The lowest BCUT2D eigenvalue weighted by Crippen LogP contribution is -2.01. The smallest absolute Gasteiger partial charge is 0.331 e. The molecule has 0 unspecified atom stereocenters. The molecule has 0 aliphatic rings. The lowest BCUT2D eigenvalue weighted by Gasteiger charge is -1.96. The van der Waals surface area contributed by atoms with Crippen molar-refractivity contribution >= 4 is 32.8 Å². The zero-order valence-corrected chi connectivity index (χ0v) is 9.70. The Morgan fingerprint density at radius 1 is 1.00 bits per heavy atom. The van der Waals surface area contributed by atoms with Crippen molar-refractivity contribution in [1.82, 2.24) is 15.2 Å². The minimum atomic E-state index is -0.465. The fourth-order valence-corrected chi connectivity index (χ4v) is 2.33. The number of pyridine rings is 1. The second-order valence-corrected chi connectivity index (χ2v) is 4.19. The van der Waals surface area contributed by atoms with E-state index in [1.807, 2.05) is 24.3 Å². The minimum Gasteiger partial charge on any atom is -0.450 e. The third kappa shape index (κ3) is 1.35. The van der Waals surface area contributed by atoms with Gasteiger partial charge in [-0.05, 0) is 24.3 Å². The molecule has 3 heterocycles. The Morgan fingerprint density at radius 2 is 1.95 bits per heavy atom. The molecule has 5 nitrogen and oxygen atoms in total. The Kier molecular flexibility index (Phi) is 1.91. The Bertz CT molecular complexity index is 992. The molecule has 0 radical (unpaired) electrons. The topological polar surface area (TPSA) is 68.9 Å². The Balaban J connectivity index is 2.41. The summed E-state index contributed by atoms with van der Waals surface area (Å²) in [6.07, 6.45) is 3.23. The maximum Gasteiger partial charge on any atom is 0.331 e. The van der Waals surface area contributed by atoms with Gasteiger partial charge in [-0.3, -0.25) is 9.78 Å². The van der Waals surface area contributed by atoms with Gasteiger partial charge in [0.25, 0.3) is 0 Å². The average molecular weight is 249 g/mol. The van der Waals surface area contributed by atoms with E-state index in [0.29, 0.717) is 11.0 Å². The standard InChI is InChI=1S/C14H7N3O2/c18-14-13-9(5-7-16-17-14)12-8-2-1-6-15-10(8)3-4-11(12)19-13/h1-7H. The van der Waals surface area contributed by atoms with Crippen LogP contribution in [0.4, 0.5) is 0 Å². The molecule has 0 saturated heterocycles. The Morgan fingerprint density at radius 3 is 2.89 bits per heavy atom. The largest absolute Gasteiger partial charge is 0.450 e. The van der Waals surface area contributed by atoms with Gasteiger partial charge in [-0.25, -0.2) is 0 Å². The van der Waals surface area contributed by atoms with E-state index >= 15 is 0 Å². The molecule has 90 valence electrons. The summed E-state index contributed by atoms with van der Waals surface area (Å²) in [5.74, 6) is 0.